The Morgan fingerprint density at radius 1 is 0.941 bits per heavy atom. The third-order valence-electron chi connectivity index (χ3n) is 2.65. The van der Waals surface area contributed by atoms with E-state index < -0.39 is 0 Å². The van der Waals surface area contributed by atoms with Crippen LogP contribution in [-0.2, 0) is 0 Å². The first kappa shape index (κ1) is 12.1. The van der Waals surface area contributed by atoms with Crippen LogP contribution in [0.25, 0.3) is 11.1 Å². The van der Waals surface area contributed by atoms with E-state index in [1.54, 1.807) is 0 Å². The van der Waals surface area contributed by atoms with Crippen LogP contribution in [0.2, 0.25) is 4.82 Å². The third-order valence-corrected chi connectivity index (χ3v) is 3.09. The van der Waals surface area contributed by atoms with Gasteiger partial charge in [-0.05, 0) is 0 Å². The summed E-state index contributed by atoms with van der Waals surface area (Å²) in [6.45, 7) is 1.87. The molecule has 17 heavy (non-hydrogen) atoms. The SMILES string of the molecule is CC([Se])C(=O)c1ccc(-c2ccccc2)cc1. The maximum absolute atomic E-state index is 11.8. The van der Waals surface area contributed by atoms with E-state index >= 15 is 0 Å². The Bertz CT molecular complexity index is 500. The van der Waals surface area contributed by atoms with Gasteiger partial charge in [0.15, 0.2) is 0 Å². The number of hydrogen-bond acceptors (Lipinski definition) is 1. The summed E-state index contributed by atoms with van der Waals surface area (Å²) in [5.74, 6) is 0.143. The van der Waals surface area contributed by atoms with E-state index in [2.05, 4.69) is 28.1 Å². The number of rotatable bonds is 3. The van der Waals surface area contributed by atoms with Crippen LogP contribution >= 0.6 is 0 Å². The zero-order valence-corrected chi connectivity index (χ0v) is 11.3. The number of hydrogen-bond donors (Lipinski definition) is 0. The molecule has 0 fully saturated rings. The summed E-state index contributed by atoms with van der Waals surface area (Å²) >= 11 is 2.83. The van der Waals surface area contributed by atoms with Crippen LogP contribution in [0.3, 0.4) is 0 Å². The molecule has 0 amide bonds. The molecule has 1 atom stereocenters. The Morgan fingerprint density at radius 3 is 2.00 bits per heavy atom. The summed E-state index contributed by atoms with van der Waals surface area (Å²) < 4.78 is 0. The molecule has 0 saturated heterocycles. The number of carbonyl (C=O) groups is 1. The molecule has 2 aromatic carbocycles. The van der Waals surface area contributed by atoms with Crippen molar-refractivity contribution < 1.29 is 4.79 Å². The van der Waals surface area contributed by atoms with Crippen molar-refractivity contribution in [1.82, 2.24) is 0 Å². The quantitative estimate of drug-likeness (QED) is 0.624. The molecule has 0 aliphatic heterocycles. The van der Waals surface area contributed by atoms with Crippen molar-refractivity contribution in [3.05, 3.63) is 60.2 Å². The minimum absolute atomic E-state index is 0.0717. The molecule has 0 bridgehead atoms. The summed E-state index contributed by atoms with van der Waals surface area (Å²) in [4.78, 5) is 11.7. The van der Waals surface area contributed by atoms with Gasteiger partial charge in [0.1, 0.15) is 0 Å². The molecule has 2 aromatic rings. The van der Waals surface area contributed by atoms with Gasteiger partial charge >= 0.3 is 110 Å². The average Bonchev–Trinajstić information content (AvgIpc) is 2.39. The second-order valence-corrected chi connectivity index (χ2v) is 5.43. The van der Waals surface area contributed by atoms with E-state index in [1.165, 1.54) is 5.56 Å². The number of carbonyl (C=O) groups excluding carboxylic acids is 1. The average molecular weight is 288 g/mol. The monoisotopic (exact) mass is 289 g/mol. The first-order valence-electron chi connectivity index (χ1n) is 5.54. The number of ketones is 1. The molecule has 0 aromatic heterocycles. The normalized spacial score (nSPS) is 12.1. The molecular weight excluding hydrogens is 275 g/mol. The fourth-order valence-electron chi connectivity index (χ4n) is 1.69. The van der Waals surface area contributed by atoms with Crippen molar-refractivity contribution in [2.24, 2.45) is 0 Å². The Kier molecular flexibility index (Phi) is 3.78. The van der Waals surface area contributed by atoms with Gasteiger partial charge in [-0.2, -0.15) is 0 Å². The molecule has 2 rings (SSSR count). The van der Waals surface area contributed by atoms with Gasteiger partial charge in [0.2, 0.25) is 0 Å². The second kappa shape index (κ2) is 5.31. The van der Waals surface area contributed by atoms with Crippen molar-refractivity contribution in [2.45, 2.75) is 11.7 Å². The number of Topliss-reactive ketones (excluding diaryl/α,β-unsaturated/α-hetero) is 1. The van der Waals surface area contributed by atoms with Crippen LogP contribution in [0.4, 0.5) is 0 Å². The Hall–Kier alpha value is -1.37. The van der Waals surface area contributed by atoms with Crippen LogP contribution < -0.4 is 0 Å². The molecule has 1 unspecified atom stereocenters. The molecule has 0 heterocycles. The molecule has 0 spiro atoms. The van der Waals surface area contributed by atoms with Crippen LogP contribution in [0.5, 0.6) is 0 Å². The van der Waals surface area contributed by atoms with Gasteiger partial charge in [-0.3, -0.25) is 0 Å². The molecule has 0 aliphatic carbocycles. The maximum atomic E-state index is 11.8. The van der Waals surface area contributed by atoms with Gasteiger partial charge in [-0.15, -0.1) is 0 Å². The summed E-state index contributed by atoms with van der Waals surface area (Å²) in [6, 6.07) is 17.9. The van der Waals surface area contributed by atoms with Crippen molar-refractivity contribution in [2.75, 3.05) is 0 Å². The van der Waals surface area contributed by atoms with Gasteiger partial charge in [0.25, 0.3) is 0 Å². The third kappa shape index (κ3) is 2.85. The molecule has 0 saturated carbocycles. The van der Waals surface area contributed by atoms with Crippen molar-refractivity contribution >= 4 is 21.8 Å². The molecule has 0 N–H and O–H groups in total. The molecule has 85 valence electrons. The van der Waals surface area contributed by atoms with E-state index in [0.717, 1.165) is 11.1 Å². The van der Waals surface area contributed by atoms with E-state index in [0.29, 0.717) is 0 Å². The predicted octanol–water partition coefficient (Wildman–Crippen LogP) is 3.51. The Balaban J connectivity index is 2.28. The van der Waals surface area contributed by atoms with Gasteiger partial charge in [0.05, 0.1) is 0 Å². The molecule has 0 aliphatic rings. The van der Waals surface area contributed by atoms with E-state index in [-0.39, 0.29) is 10.6 Å². The number of benzene rings is 2. The zero-order chi connectivity index (χ0) is 12.3. The topological polar surface area (TPSA) is 17.1 Å². The summed E-state index contributed by atoms with van der Waals surface area (Å²) in [5.41, 5.74) is 3.06. The van der Waals surface area contributed by atoms with E-state index in [1.807, 2.05) is 49.4 Å². The van der Waals surface area contributed by atoms with Crippen molar-refractivity contribution in [3.63, 3.8) is 0 Å². The Labute approximate surface area is 110 Å². The van der Waals surface area contributed by atoms with Crippen LogP contribution in [0.15, 0.2) is 54.6 Å². The van der Waals surface area contributed by atoms with Gasteiger partial charge < -0.3 is 0 Å². The van der Waals surface area contributed by atoms with E-state index in [9.17, 15) is 4.79 Å². The second-order valence-electron chi connectivity index (χ2n) is 3.95. The molecule has 1 radical (unpaired) electrons. The molecule has 2 heteroatoms. The first-order chi connectivity index (χ1) is 8.18. The van der Waals surface area contributed by atoms with Crippen LogP contribution in [-0.4, -0.2) is 21.8 Å². The van der Waals surface area contributed by atoms with Crippen LogP contribution in [0.1, 0.15) is 17.3 Å². The predicted molar refractivity (Wildman–Crippen MR) is 71.4 cm³/mol. The van der Waals surface area contributed by atoms with Gasteiger partial charge in [-0.25, -0.2) is 0 Å². The standard InChI is InChI=1S/C15H13OSe/c1-11(17)15(16)14-9-7-13(8-10-14)12-5-3-2-4-6-12/h2-11H,1H3. The fraction of sp³-hybridized carbons (Fsp3) is 0.133. The summed E-state index contributed by atoms with van der Waals surface area (Å²) in [5, 5.41) is 0. The van der Waals surface area contributed by atoms with Gasteiger partial charge in [0, 0.05) is 0 Å². The summed E-state index contributed by atoms with van der Waals surface area (Å²) in [6.07, 6.45) is 0. The fourth-order valence-corrected chi connectivity index (χ4v) is 1.98. The van der Waals surface area contributed by atoms with Gasteiger partial charge in [-0.1, -0.05) is 0 Å². The van der Waals surface area contributed by atoms with Crippen molar-refractivity contribution in [3.8, 4) is 11.1 Å². The zero-order valence-electron chi connectivity index (χ0n) is 9.59. The van der Waals surface area contributed by atoms with Crippen molar-refractivity contribution in [1.29, 1.82) is 0 Å². The Morgan fingerprint density at radius 2 is 1.47 bits per heavy atom. The minimum atomic E-state index is -0.0717. The van der Waals surface area contributed by atoms with E-state index in [4.69, 9.17) is 0 Å². The molecule has 1 nitrogen and oxygen atoms in total. The summed E-state index contributed by atoms with van der Waals surface area (Å²) in [7, 11) is 0. The first-order valence-corrected chi connectivity index (χ1v) is 6.53. The molecular formula is C15H13OSe. The van der Waals surface area contributed by atoms with Crippen LogP contribution in [0, 0.1) is 0 Å².